The molecule has 0 saturated carbocycles. The highest BCUT2D eigenvalue weighted by Gasteiger charge is 2.11. The van der Waals surface area contributed by atoms with E-state index in [0.29, 0.717) is 6.54 Å². The second kappa shape index (κ2) is 7.01. The Bertz CT molecular complexity index is 361. The molecule has 0 aliphatic carbocycles. The molecular formula is C14H20N2O2. The lowest BCUT2D eigenvalue weighted by molar-refractivity contribution is -0.123. The van der Waals surface area contributed by atoms with E-state index in [0.717, 1.165) is 25.4 Å². The number of hydrogen-bond acceptors (Lipinski definition) is 3. The van der Waals surface area contributed by atoms with Gasteiger partial charge in [0.05, 0.1) is 0 Å². The van der Waals surface area contributed by atoms with Crippen LogP contribution in [0.1, 0.15) is 12.8 Å². The lowest BCUT2D eigenvalue weighted by Crippen LogP contribution is -2.35. The monoisotopic (exact) mass is 248 g/mol. The summed E-state index contributed by atoms with van der Waals surface area (Å²) in [5.41, 5.74) is 0. The van der Waals surface area contributed by atoms with Gasteiger partial charge in [-0.25, -0.2) is 0 Å². The summed E-state index contributed by atoms with van der Waals surface area (Å²) < 4.78 is 5.36. The highest BCUT2D eigenvalue weighted by atomic mass is 16.5. The summed E-state index contributed by atoms with van der Waals surface area (Å²) in [6.07, 6.45) is 2.57. The first kappa shape index (κ1) is 12.9. The SMILES string of the molecule is O=C(COc1ccccc1)NCCN1CCCC1. The zero-order chi connectivity index (χ0) is 12.6. The van der Waals surface area contributed by atoms with Gasteiger partial charge >= 0.3 is 0 Å². The highest BCUT2D eigenvalue weighted by molar-refractivity contribution is 5.77. The topological polar surface area (TPSA) is 41.6 Å². The Morgan fingerprint density at radius 2 is 1.94 bits per heavy atom. The summed E-state index contributed by atoms with van der Waals surface area (Å²) >= 11 is 0. The number of hydrogen-bond donors (Lipinski definition) is 1. The van der Waals surface area contributed by atoms with Gasteiger partial charge in [0.2, 0.25) is 0 Å². The normalized spacial score (nSPS) is 15.6. The quantitative estimate of drug-likeness (QED) is 0.824. The minimum Gasteiger partial charge on any atom is -0.484 e. The van der Waals surface area contributed by atoms with E-state index in [2.05, 4.69) is 10.2 Å². The van der Waals surface area contributed by atoms with E-state index in [1.54, 1.807) is 0 Å². The predicted molar refractivity (Wildman–Crippen MR) is 70.6 cm³/mol. The molecule has 1 amide bonds. The third-order valence-electron chi connectivity index (χ3n) is 3.06. The lowest BCUT2D eigenvalue weighted by Gasteiger charge is -2.14. The maximum Gasteiger partial charge on any atom is 0.257 e. The maximum atomic E-state index is 11.5. The average Bonchev–Trinajstić information content (AvgIpc) is 2.91. The molecule has 1 fully saturated rings. The minimum atomic E-state index is -0.0574. The van der Waals surface area contributed by atoms with Crippen molar-refractivity contribution in [1.82, 2.24) is 10.2 Å². The zero-order valence-corrected chi connectivity index (χ0v) is 10.6. The molecule has 2 rings (SSSR count). The van der Waals surface area contributed by atoms with Crippen molar-refractivity contribution in [2.45, 2.75) is 12.8 Å². The number of benzene rings is 1. The molecule has 0 spiro atoms. The van der Waals surface area contributed by atoms with Crippen LogP contribution in [0.15, 0.2) is 30.3 Å². The molecule has 1 aromatic rings. The van der Waals surface area contributed by atoms with Crippen LogP contribution in [0.25, 0.3) is 0 Å². The van der Waals surface area contributed by atoms with Gasteiger partial charge in [-0.3, -0.25) is 4.79 Å². The van der Waals surface area contributed by atoms with Gasteiger partial charge in [-0.2, -0.15) is 0 Å². The van der Waals surface area contributed by atoms with Crippen molar-refractivity contribution in [3.63, 3.8) is 0 Å². The van der Waals surface area contributed by atoms with Crippen LogP contribution in [0, 0.1) is 0 Å². The first-order chi connectivity index (χ1) is 8.84. The molecule has 4 nitrogen and oxygen atoms in total. The van der Waals surface area contributed by atoms with E-state index < -0.39 is 0 Å². The van der Waals surface area contributed by atoms with Gasteiger partial charge in [0.1, 0.15) is 5.75 Å². The molecule has 0 aromatic heterocycles. The Labute approximate surface area is 108 Å². The summed E-state index contributed by atoms with van der Waals surface area (Å²) in [7, 11) is 0. The van der Waals surface area contributed by atoms with E-state index in [9.17, 15) is 4.79 Å². The first-order valence-corrected chi connectivity index (χ1v) is 6.51. The zero-order valence-electron chi connectivity index (χ0n) is 10.6. The summed E-state index contributed by atoms with van der Waals surface area (Å²) in [5, 5.41) is 2.87. The molecule has 0 bridgehead atoms. The first-order valence-electron chi connectivity index (χ1n) is 6.51. The van der Waals surface area contributed by atoms with Gasteiger partial charge in [-0.15, -0.1) is 0 Å². The van der Waals surface area contributed by atoms with Gasteiger partial charge in [-0.1, -0.05) is 18.2 Å². The van der Waals surface area contributed by atoms with Gasteiger partial charge in [0.15, 0.2) is 6.61 Å². The summed E-state index contributed by atoms with van der Waals surface area (Å²) in [5.74, 6) is 0.672. The molecule has 0 unspecified atom stereocenters. The van der Waals surface area contributed by atoms with Crippen LogP contribution in [0.5, 0.6) is 5.75 Å². The molecule has 1 aliphatic heterocycles. The van der Waals surface area contributed by atoms with E-state index in [-0.39, 0.29) is 12.5 Å². The van der Waals surface area contributed by atoms with Crippen LogP contribution < -0.4 is 10.1 Å². The highest BCUT2D eigenvalue weighted by Crippen LogP contribution is 2.07. The largest absolute Gasteiger partial charge is 0.484 e. The predicted octanol–water partition coefficient (Wildman–Crippen LogP) is 1.28. The molecule has 0 radical (unpaired) electrons. The Hall–Kier alpha value is -1.55. The van der Waals surface area contributed by atoms with Crippen LogP contribution in [0.2, 0.25) is 0 Å². The summed E-state index contributed by atoms with van der Waals surface area (Å²) in [4.78, 5) is 13.9. The van der Waals surface area contributed by atoms with Crippen molar-refractivity contribution in [1.29, 1.82) is 0 Å². The third kappa shape index (κ3) is 4.37. The number of ether oxygens (including phenoxy) is 1. The molecule has 1 aliphatic rings. The van der Waals surface area contributed by atoms with Gasteiger partial charge < -0.3 is 15.0 Å². The number of para-hydroxylation sites is 1. The lowest BCUT2D eigenvalue weighted by atomic mass is 10.3. The number of nitrogens with zero attached hydrogens (tertiary/aromatic N) is 1. The smallest absolute Gasteiger partial charge is 0.257 e. The molecule has 1 N–H and O–H groups in total. The van der Waals surface area contributed by atoms with Crippen LogP contribution in [-0.2, 0) is 4.79 Å². The summed E-state index contributed by atoms with van der Waals surface area (Å²) in [6, 6.07) is 9.39. The number of nitrogens with one attached hydrogen (secondary N) is 1. The van der Waals surface area contributed by atoms with Crippen molar-refractivity contribution in [3.05, 3.63) is 30.3 Å². The Morgan fingerprint density at radius 3 is 2.67 bits per heavy atom. The average molecular weight is 248 g/mol. The van der Waals surface area contributed by atoms with Crippen molar-refractivity contribution in [3.8, 4) is 5.75 Å². The van der Waals surface area contributed by atoms with Crippen molar-refractivity contribution < 1.29 is 9.53 Å². The second-order valence-corrected chi connectivity index (χ2v) is 4.50. The van der Waals surface area contributed by atoms with Crippen LogP contribution in [-0.4, -0.2) is 43.6 Å². The van der Waals surface area contributed by atoms with Gasteiger partial charge in [0, 0.05) is 13.1 Å². The third-order valence-corrected chi connectivity index (χ3v) is 3.06. The molecular weight excluding hydrogens is 228 g/mol. The fraction of sp³-hybridized carbons (Fsp3) is 0.500. The molecule has 1 heterocycles. The van der Waals surface area contributed by atoms with Gasteiger partial charge in [-0.05, 0) is 38.1 Å². The second-order valence-electron chi connectivity index (χ2n) is 4.50. The Kier molecular flexibility index (Phi) is 5.02. The number of rotatable bonds is 6. The van der Waals surface area contributed by atoms with Crippen LogP contribution >= 0.6 is 0 Å². The molecule has 4 heteroatoms. The fourth-order valence-corrected chi connectivity index (χ4v) is 2.08. The molecule has 18 heavy (non-hydrogen) atoms. The van der Waals surface area contributed by atoms with Crippen molar-refractivity contribution in [2.24, 2.45) is 0 Å². The standard InChI is InChI=1S/C14H20N2O2/c17-14(12-18-13-6-2-1-3-7-13)15-8-11-16-9-4-5-10-16/h1-3,6-7H,4-5,8-12H2,(H,15,17). The Morgan fingerprint density at radius 1 is 1.22 bits per heavy atom. The molecule has 0 atom stereocenters. The maximum absolute atomic E-state index is 11.5. The number of amides is 1. The molecule has 1 aromatic carbocycles. The van der Waals surface area contributed by atoms with Crippen LogP contribution in [0.3, 0.4) is 0 Å². The van der Waals surface area contributed by atoms with E-state index >= 15 is 0 Å². The fourth-order valence-electron chi connectivity index (χ4n) is 2.08. The number of carbonyl (C=O) groups excluding carboxylic acids is 1. The van der Waals surface area contributed by atoms with E-state index in [4.69, 9.17) is 4.74 Å². The molecule has 98 valence electrons. The number of carbonyl (C=O) groups is 1. The van der Waals surface area contributed by atoms with E-state index in [1.807, 2.05) is 30.3 Å². The van der Waals surface area contributed by atoms with Crippen molar-refractivity contribution in [2.75, 3.05) is 32.8 Å². The van der Waals surface area contributed by atoms with Crippen molar-refractivity contribution >= 4 is 5.91 Å². The Balaban J connectivity index is 1.57. The van der Waals surface area contributed by atoms with Gasteiger partial charge in [0.25, 0.3) is 5.91 Å². The van der Waals surface area contributed by atoms with Crippen LogP contribution in [0.4, 0.5) is 0 Å². The number of likely N-dealkylation sites (tertiary alicyclic amines) is 1. The summed E-state index contributed by atoms with van der Waals surface area (Å²) in [6.45, 7) is 4.06. The van der Waals surface area contributed by atoms with E-state index in [1.165, 1.54) is 12.8 Å². The molecule has 1 saturated heterocycles. The minimum absolute atomic E-state index is 0.0574.